The Bertz CT molecular complexity index is 1250. The van der Waals surface area contributed by atoms with Crippen LogP contribution < -0.4 is 0 Å². The van der Waals surface area contributed by atoms with Gasteiger partial charge in [0.05, 0.1) is 38.8 Å². The second-order valence-corrected chi connectivity index (χ2v) is 14.0. The number of allylic oxidation sites excluding steroid dienone is 4. The zero-order chi connectivity index (χ0) is 39.3. The molecule has 0 spiro atoms. The van der Waals surface area contributed by atoms with Crippen molar-refractivity contribution in [3.8, 4) is 23.7 Å². The molecule has 7 nitrogen and oxygen atoms in total. The summed E-state index contributed by atoms with van der Waals surface area (Å²) in [4.78, 5) is 25.7. The Morgan fingerprint density at radius 3 is 1.91 bits per heavy atom. The first-order valence-electron chi connectivity index (χ1n) is 21.0. The van der Waals surface area contributed by atoms with E-state index in [1.165, 1.54) is 19.3 Å². The number of aliphatic carboxylic acids is 1. The van der Waals surface area contributed by atoms with Crippen molar-refractivity contribution >= 4 is 11.9 Å². The van der Waals surface area contributed by atoms with E-state index in [4.69, 9.17) is 14.2 Å². The Morgan fingerprint density at radius 2 is 1.31 bits per heavy atom. The summed E-state index contributed by atoms with van der Waals surface area (Å²) in [5, 5.41) is 20.0. The van der Waals surface area contributed by atoms with Crippen molar-refractivity contribution < 1.29 is 34.0 Å². The predicted molar refractivity (Wildman–Crippen MR) is 221 cm³/mol. The molecular weight excluding hydrogens is 677 g/mol. The SMILES string of the molecule is CCCCC#CCCOC(CCC(=O)OCC(CCCCC/C=C\C/C=C\CCCCC)C(Cc1cccc(CO)c1)C(=O)O)OCCC#CCCCC. The quantitative estimate of drug-likeness (QED) is 0.0249. The average molecular weight is 749 g/mol. The van der Waals surface area contributed by atoms with Gasteiger partial charge in [-0.15, -0.1) is 23.7 Å². The summed E-state index contributed by atoms with van der Waals surface area (Å²) in [5.41, 5.74) is 1.59. The summed E-state index contributed by atoms with van der Waals surface area (Å²) in [6.45, 7) is 7.26. The third kappa shape index (κ3) is 27.3. The number of unbranched alkanes of at least 4 members (excludes halogenated alkanes) is 10. The summed E-state index contributed by atoms with van der Waals surface area (Å²) in [6.07, 6.45) is 26.8. The molecule has 0 radical (unpaired) electrons. The van der Waals surface area contributed by atoms with Crippen LogP contribution in [-0.4, -0.2) is 48.3 Å². The average Bonchev–Trinajstić information content (AvgIpc) is 3.17. The second kappa shape index (κ2) is 35.3. The molecule has 7 heteroatoms. The number of benzene rings is 1. The smallest absolute Gasteiger partial charge is 0.307 e. The molecule has 0 bridgehead atoms. The first-order chi connectivity index (χ1) is 26.4. The van der Waals surface area contributed by atoms with E-state index in [-0.39, 0.29) is 25.6 Å². The van der Waals surface area contributed by atoms with Crippen LogP contribution in [0.25, 0.3) is 0 Å². The molecule has 0 aliphatic heterocycles. The molecule has 1 aromatic rings. The van der Waals surface area contributed by atoms with Gasteiger partial charge < -0.3 is 24.4 Å². The number of ether oxygens (including phenoxy) is 3. The molecule has 2 unspecified atom stereocenters. The molecule has 0 aliphatic rings. The lowest BCUT2D eigenvalue weighted by atomic mass is 9.83. The Hall–Kier alpha value is -3.36. The topological polar surface area (TPSA) is 102 Å². The van der Waals surface area contributed by atoms with E-state index in [1.54, 1.807) is 0 Å². The molecule has 2 atom stereocenters. The Balaban J connectivity index is 2.79. The largest absolute Gasteiger partial charge is 0.481 e. The van der Waals surface area contributed by atoms with Gasteiger partial charge >= 0.3 is 11.9 Å². The lowest BCUT2D eigenvalue weighted by Gasteiger charge is -2.24. The molecule has 0 amide bonds. The van der Waals surface area contributed by atoms with Crippen LogP contribution in [0.1, 0.15) is 160 Å². The standard InChI is InChI=1S/C47H72O7/c1-4-7-10-13-16-17-18-19-20-21-22-23-26-32-43(44(47(50)51)38-41-30-29-31-42(37-41)39-48)40-54-45(49)33-34-46(52-35-27-24-14-11-8-5-2)53-36-28-25-15-12-9-6-3/h16-17,19-20,29-31,37,43-44,46,48H,4-13,18,21-23,26-28,32-36,38-40H2,1-3H3,(H,50,51)/b17-16-,20-19-. The number of carbonyl (C=O) groups excluding carboxylic acids is 1. The number of hydrogen-bond acceptors (Lipinski definition) is 6. The van der Waals surface area contributed by atoms with Gasteiger partial charge in [-0.2, -0.15) is 0 Å². The monoisotopic (exact) mass is 749 g/mol. The van der Waals surface area contributed by atoms with Gasteiger partial charge in [-0.3, -0.25) is 9.59 Å². The van der Waals surface area contributed by atoms with Crippen LogP contribution in [0.2, 0.25) is 0 Å². The molecule has 2 N–H and O–H groups in total. The van der Waals surface area contributed by atoms with Crippen molar-refractivity contribution in [2.45, 2.75) is 169 Å². The van der Waals surface area contributed by atoms with Crippen molar-refractivity contribution in [2.24, 2.45) is 11.8 Å². The summed E-state index contributed by atoms with van der Waals surface area (Å²) >= 11 is 0. The fraction of sp³-hybridized carbons (Fsp3) is 0.660. The van der Waals surface area contributed by atoms with Crippen molar-refractivity contribution in [2.75, 3.05) is 19.8 Å². The van der Waals surface area contributed by atoms with E-state index >= 15 is 0 Å². The summed E-state index contributed by atoms with van der Waals surface area (Å²) in [5.74, 6) is 10.3. The van der Waals surface area contributed by atoms with Crippen LogP contribution in [0.15, 0.2) is 48.6 Å². The summed E-state index contributed by atoms with van der Waals surface area (Å²) in [6, 6.07) is 7.39. The van der Waals surface area contributed by atoms with Crippen molar-refractivity contribution in [3.63, 3.8) is 0 Å². The number of carbonyl (C=O) groups is 2. The van der Waals surface area contributed by atoms with E-state index < -0.39 is 24.1 Å². The molecule has 0 aromatic heterocycles. The van der Waals surface area contributed by atoms with Gasteiger partial charge in [0.25, 0.3) is 0 Å². The van der Waals surface area contributed by atoms with Gasteiger partial charge in [-0.25, -0.2) is 0 Å². The minimum absolute atomic E-state index is 0.0348. The van der Waals surface area contributed by atoms with Gasteiger partial charge in [-0.05, 0) is 68.9 Å². The van der Waals surface area contributed by atoms with Gasteiger partial charge in [0.15, 0.2) is 6.29 Å². The van der Waals surface area contributed by atoms with Gasteiger partial charge in [0.1, 0.15) is 0 Å². The van der Waals surface area contributed by atoms with E-state index in [0.29, 0.717) is 45.3 Å². The molecule has 1 rings (SSSR count). The normalized spacial score (nSPS) is 12.4. The van der Waals surface area contributed by atoms with Crippen LogP contribution in [0.5, 0.6) is 0 Å². The molecule has 0 aliphatic carbocycles. The molecule has 1 aromatic carbocycles. The van der Waals surface area contributed by atoms with Crippen LogP contribution in [0.3, 0.4) is 0 Å². The van der Waals surface area contributed by atoms with E-state index in [9.17, 15) is 19.8 Å². The number of aliphatic hydroxyl groups excluding tert-OH is 1. The number of esters is 1. The van der Waals surface area contributed by atoms with Crippen molar-refractivity contribution in [1.82, 2.24) is 0 Å². The zero-order valence-electron chi connectivity index (χ0n) is 34.0. The van der Waals surface area contributed by atoms with Crippen LogP contribution in [0.4, 0.5) is 0 Å². The van der Waals surface area contributed by atoms with Crippen molar-refractivity contribution in [3.05, 3.63) is 59.7 Å². The number of carboxylic acids is 1. The number of hydrogen-bond donors (Lipinski definition) is 2. The second-order valence-electron chi connectivity index (χ2n) is 14.0. The lowest BCUT2D eigenvalue weighted by molar-refractivity contribution is -0.160. The highest BCUT2D eigenvalue weighted by Crippen LogP contribution is 2.26. The highest BCUT2D eigenvalue weighted by molar-refractivity contribution is 5.71. The minimum atomic E-state index is -0.909. The Kier molecular flexibility index (Phi) is 31.9. The third-order valence-corrected chi connectivity index (χ3v) is 9.21. The van der Waals surface area contributed by atoms with E-state index in [2.05, 4.69) is 68.8 Å². The van der Waals surface area contributed by atoms with Crippen LogP contribution >= 0.6 is 0 Å². The predicted octanol–water partition coefficient (Wildman–Crippen LogP) is 10.9. The number of rotatable bonds is 32. The van der Waals surface area contributed by atoms with Crippen molar-refractivity contribution in [1.29, 1.82) is 0 Å². The molecule has 0 fully saturated rings. The van der Waals surface area contributed by atoms with E-state index in [1.807, 2.05) is 24.3 Å². The van der Waals surface area contributed by atoms with Gasteiger partial charge in [0, 0.05) is 38.0 Å². The maximum Gasteiger partial charge on any atom is 0.307 e. The lowest BCUT2D eigenvalue weighted by Crippen LogP contribution is -2.30. The Morgan fingerprint density at radius 1 is 0.722 bits per heavy atom. The molecule has 0 heterocycles. The number of aliphatic hydroxyl groups is 1. The van der Waals surface area contributed by atoms with Gasteiger partial charge in [0.2, 0.25) is 0 Å². The number of carboxylic acid groups (broad SMARTS) is 1. The van der Waals surface area contributed by atoms with Crippen LogP contribution in [-0.2, 0) is 36.8 Å². The fourth-order valence-corrected chi connectivity index (χ4v) is 5.92. The minimum Gasteiger partial charge on any atom is -0.481 e. The summed E-state index contributed by atoms with van der Waals surface area (Å²) in [7, 11) is 0. The third-order valence-electron chi connectivity index (χ3n) is 9.21. The highest BCUT2D eigenvalue weighted by Gasteiger charge is 2.29. The van der Waals surface area contributed by atoms with Gasteiger partial charge in [-0.1, -0.05) is 108 Å². The first-order valence-corrected chi connectivity index (χ1v) is 21.0. The molecular formula is C47H72O7. The molecule has 0 saturated heterocycles. The Labute approximate surface area is 328 Å². The maximum atomic E-state index is 13.1. The fourth-order valence-electron chi connectivity index (χ4n) is 5.92. The first kappa shape index (κ1) is 48.7. The molecule has 0 saturated carbocycles. The molecule has 54 heavy (non-hydrogen) atoms. The molecule has 302 valence electrons. The summed E-state index contributed by atoms with van der Waals surface area (Å²) < 4.78 is 17.7. The van der Waals surface area contributed by atoms with E-state index in [0.717, 1.165) is 88.2 Å². The van der Waals surface area contributed by atoms with Crippen LogP contribution in [0, 0.1) is 35.5 Å². The maximum absolute atomic E-state index is 13.1. The zero-order valence-corrected chi connectivity index (χ0v) is 34.0. The highest BCUT2D eigenvalue weighted by atomic mass is 16.7.